The number of fused-ring (bicyclic) bond motifs is 1. The number of rotatable bonds is 9. The van der Waals surface area contributed by atoms with Crippen molar-refractivity contribution < 1.29 is 17.9 Å². The summed E-state index contributed by atoms with van der Waals surface area (Å²) in [6.07, 6.45) is 1.92. The van der Waals surface area contributed by atoms with Crippen molar-refractivity contribution in [2.24, 2.45) is 0 Å². The molecule has 0 aliphatic carbocycles. The normalized spacial score (nSPS) is 17.0. The molecule has 1 N–H and O–H groups in total. The SMILES string of the molecule is COCCCn1nnc2cc(S(=O)(=O)N3CCC[C@H]3C(=O)NCc3ccccc3C)ccc21. The van der Waals surface area contributed by atoms with Gasteiger partial charge in [-0.25, -0.2) is 13.1 Å². The Hall–Kier alpha value is -2.82. The Morgan fingerprint density at radius 3 is 2.85 bits per heavy atom. The fraction of sp³-hybridized carbons (Fsp3) is 0.435. The third-order valence-electron chi connectivity index (χ3n) is 6.03. The van der Waals surface area contributed by atoms with Gasteiger partial charge in [-0.15, -0.1) is 5.10 Å². The summed E-state index contributed by atoms with van der Waals surface area (Å²) >= 11 is 0. The van der Waals surface area contributed by atoms with E-state index in [0.717, 1.165) is 23.1 Å². The van der Waals surface area contributed by atoms with Crippen molar-refractivity contribution in [2.45, 2.75) is 50.2 Å². The molecule has 0 bridgehead atoms. The van der Waals surface area contributed by atoms with Crippen molar-refractivity contribution in [2.75, 3.05) is 20.3 Å². The van der Waals surface area contributed by atoms with Gasteiger partial charge >= 0.3 is 0 Å². The lowest BCUT2D eigenvalue weighted by molar-refractivity contribution is -0.124. The van der Waals surface area contributed by atoms with Gasteiger partial charge in [0.1, 0.15) is 11.6 Å². The molecular weight excluding hydrogens is 442 g/mol. The minimum atomic E-state index is -3.85. The summed E-state index contributed by atoms with van der Waals surface area (Å²) in [5.74, 6) is -0.274. The molecule has 0 saturated carbocycles. The second kappa shape index (κ2) is 9.98. The van der Waals surface area contributed by atoms with Crippen LogP contribution in [0, 0.1) is 6.92 Å². The van der Waals surface area contributed by atoms with Crippen molar-refractivity contribution in [3.8, 4) is 0 Å². The van der Waals surface area contributed by atoms with Crippen molar-refractivity contribution >= 4 is 27.0 Å². The standard InChI is InChI=1S/C23H29N5O4S/c1-17-7-3-4-8-18(17)16-24-23(29)22-9-5-13-28(22)33(30,31)19-10-11-21-20(15-19)25-26-27(21)12-6-14-32-2/h3-4,7-8,10-11,15,22H,5-6,9,12-14,16H2,1-2H3,(H,24,29)/t22-/m0/s1. The van der Waals surface area contributed by atoms with Gasteiger partial charge < -0.3 is 10.1 Å². The molecule has 9 nitrogen and oxygen atoms in total. The maximum atomic E-state index is 13.4. The van der Waals surface area contributed by atoms with Gasteiger partial charge in [0.25, 0.3) is 0 Å². The average molecular weight is 472 g/mol. The van der Waals surface area contributed by atoms with E-state index in [1.54, 1.807) is 23.9 Å². The van der Waals surface area contributed by atoms with Gasteiger partial charge in [-0.05, 0) is 55.5 Å². The third-order valence-corrected chi connectivity index (χ3v) is 7.94. The van der Waals surface area contributed by atoms with Crippen LogP contribution in [-0.4, -0.2) is 59.9 Å². The number of carbonyl (C=O) groups is 1. The fourth-order valence-corrected chi connectivity index (χ4v) is 5.85. The van der Waals surface area contributed by atoms with Crippen LogP contribution < -0.4 is 5.32 Å². The van der Waals surface area contributed by atoms with Crippen molar-refractivity contribution in [1.82, 2.24) is 24.6 Å². The number of sulfonamides is 1. The minimum absolute atomic E-state index is 0.123. The molecule has 0 radical (unpaired) electrons. The highest BCUT2D eigenvalue weighted by molar-refractivity contribution is 7.89. The molecule has 1 aromatic heterocycles. The Morgan fingerprint density at radius 2 is 2.06 bits per heavy atom. The number of hydrogen-bond acceptors (Lipinski definition) is 6. The van der Waals surface area contributed by atoms with Crippen LogP contribution >= 0.6 is 0 Å². The van der Waals surface area contributed by atoms with E-state index < -0.39 is 16.1 Å². The van der Waals surface area contributed by atoms with E-state index in [1.165, 1.54) is 10.4 Å². The number of carbonyl (C=O) groups excluding carboxylic acids is 1. The first kappa shape index (κ1) is 23.3. The molecule has 1 atom stereocenters. The van der Waals surface area contributed by atoms with E-state index in [2.05, 4.69) is 15.6 Å². The highest BCUT2D eigenvalue weighted by Gasteiger charge is 2.39. The molecule has 3 aromatic rings. The van der Waals surface area contributed by atoms with Gasteiger partial charge in [-0.3, -0.25) is 4.79 Å². The number of nitrogens with one attached hydrogen (secondary N) is 1. The first-order valence-corrected chi connectivity index (χ1v) is 12.5. The summed E-state index contributed by atoms with van der Waals surface area (Å²) in [6.45, 7) is 3.90. The van der Waals surface area contributed by atoms with Gasteiger partial charge in [0.15, 0.2) is 0 Å². The van der Waals surface area contributed by atoms with Gasteiger partial charge in [0.2, 0.25) is 15.9 Å². The summed E-state index contributed by atoms with van der Waals surface area (Å²) in [7, 11) is -2.21. The zero-order chi connectivity index (χ0) is 23.4. The number of amides is 1. The number of ether oxygens (including phenoxy) is 1. The number of benzene rings is 2. The van der Waals surface area contributed by atoms with Crippen LogP contribution in [0.3, 0.4) is 0 Å². The second-order valence-corrected chi connectivity index (χ2v) is 10.1. The quantitative estimate of drug-likeness (QED) is 0.480. The number of nitrogens with zero attached hydrogens (tertiary/aromatic N) is 4. The molecule has 4 rings (SSSR count). The van der Waals surface area contributed by atoms with Gasteiger partial charge in [0, 0.05) is 33.4 Å². The van der Waals surface area contributed by atoms with Crippen LogP contribution in [0.4, 0.5) is 0 Å². The van der Waals surface area contributed by atoms with Crippen LogP contribution in [0.5, 0.6) is 0 Å². The monoisotopic (exact) mass is 471 g/mol. The van der Waals surface area contributed by atoms with Crippen molar-refractivity contribution in [3.05, 3.63) is 53.6 Å². The Bertz CT molecular complexity index is 1240. The van der Waals surface area contributed by atoms with E-state index in [4.69, 9.17) is 4.74 Å². The second-order valence-electron chi connectivity index (χ2n) is 8.23. The van der Waals surface area contributed by atoms with Crippen molar-refractivity contribution in [3.63, 3.8) is 0 Å². The third kappa shape index (κ3) is 4.92. The minimum Gasteiger partial charge on any atom is -0.385 e. The van der Waals surface area contributed by atoms with E-state index in [1.807, 2.05) is 31.2 Å². The van der Waals surface area contributed by atoms with Gasteiger partial charge in [-0.2, -0.15) is 4.31 Å². The molecule has 1 amide bonds. The Kier molecular flexibility index (Phi) is 7.06. The van der Waals surface area contributed by atoms with Crippen LogP contribution in [0.1, 0.15) is 30.4 Å². The Morgan fingerprint density at radius 1 is 1.24 bits per heavy atom. The Balaban J connectivity index is 1.50. The summed E-state index contributed by atoms with van der Waals surface area (Å²) in [5.41, 5.74) is 3.36. The molecule has 2 aromatic carbocycles. The fourth-order valence-electron chi connectivity index (χ4n) is 4.17. The lowest BCUT2D eigenvalue weighted by Gasteiger charge is -2.23. The van der Waals surface area contributed by atoms with E-state index in [0.29, 0.717) is 44.6 Å². The highest BCUT2D eigenvalue weighted by atomic mass is 32.2. The zero-order valence-electron chi connectivity index (χ0n) is 18.9. The molecular formula is C23H29N5O4S. The summed E-state index contributed by atoms with van der Waals surface area (Å²) in [5, 5.41) is 11.2. The number of aromatic nitrogens is 3. The van der Waals surface area contributed by atoms with Crippen LogP contribution in [0.15, 0.2) is 47.4 Å². The maximum Gasteiger partial charge on any atom is 0.243 e. The predicted octanol–water partition coefficient (Wildman–Crippen LogP) is 2.25. The summed E-state index contributed by atoms with van der Waals surface area (Å²) < 4.78 is 34.9. The number of hydrogen-bond donors (Lipinski definition) is 1. The first-order chi connectivity index (χ1) is 15.9. The smallest absolute Gasteiger partial charge is 0.243 e. The van der Waals surface area contributed by atoms with Crippen LogP contribution in [-0.2, 0) is 32.6 Å². The van der Waals surface area contributed by atoms with Crippen LogP contribution in [0.2, 0.25) is 0 Å². The molecule has 1 saturated heterocycles. The van der Waals surface area contributed by atoms with E-state index >= 15 is 0 Å². The largest absolute Gasteiger partial charge is 0.385 e. The number of aryl methyl sites for hydroxylation is 2. The maximum absolute atomic E-state index is 13.4. The molecule has 1 aliphatic heterocycles. The Labute approximate surface area is 193 Å². The van der Waals surface area contributed by atoms with Gasteiger partial charge in [-0.1, -0.05) is 29.5 Å². The molecule has 33 heavy (non-hydrogen) atoms. The molecule has 10 heteroatoms. The topological polar surface area (TPSA) is 106 Å². The molecule has 176 valence electrons. The van der Waals surface area contributed by atoms with E-state index in [9.17, 15) is 13.2 Å². The van der Waals surface area contributed by atoms with Gasteiger partial charge in [0.05, 0.1) is 10.4 Å². The molecule has 2 heterocycles. The lowest BCUT2D eigenvalue weighted by atomic mass is 10.1. The van der Waals surface area contributed by atoms with Crippen molar-refractivity contribution in [1.29, 1.82) is 0 Å². The molecule has 1 aliphatic rings. The van der Waals surface area contributed by atoms with E-state index in [-0.39, 0.29) is 10.8 Å². The number of methoxy groups -OCH3 is 1. The molecule has 1 fully saturated rings. The summed E-state index contributed by atoms with van der Waals surface area (Å²) in [4.78, 5) is 13.0. The molecule has 0 spiro atoms. The summed E-state index contributed by atoms with van der Waals surface area (Å²) in [6, 6.07) is 11.9. The highest BCUT2D eigenvalue weighted by Crippen LogP contribution is 2.28. The molecule has 0 unspecified atom stereocenters. The predicted molar refractivity (Wildman–Crippen MR) is 124 cm³/mol. The first-order valence-electron chi connectivity index (χ1n) is 11.1. The lowest BCUT2D eigenvalue weighted by Crippen LogP contribution is -2.45. The zero-order valence-corrected chi connectivity index (χ0v) is 19.7. The van der Waals surface area contributed by atoms with Crippen LogP contribution in [0.25, 0.3) is 11.0 Å². The average Bonchev–Trinajstić information content (AvgIpc) is 3.46.